The van der Waals surface area contributed by atoms with Gasteiger partial charge in [0.05, 0.1) is 18.1 Å². The van der Waals surface area contributed by atoms with Gasteiger partial charge in [0.25, 0.3) is 0 Å². The van der Waals surface area contributed by atoms with Crippen LogP contribution in [0.3, 0.4) is 0 Å². The van der Waals surface area contributed by atoms with Gasteiger partial charge in [0, 0.05) is 11.8 Å². The molecule has 5 nitrogen and oxygen atoms in total. The van der Waals surface area contributed by atoms with E-state index in [0.717, 1.165) is 5.56 Å². The first-order valence-corrected chi connectivity index (χ1v) is 5.33. The van der Waals surface area contributed by atoms with E-state index >= 15 is 0 Å². The van der Waals surface area contributed by atoms with Gasteiger partial charge in [0.1, 0.15) is 6.33 Å². The number of amides is 1. The summed E-state index contributed by atoms with van der Waals surface area (Å²) in [5, 5.41) is 2.65. The fourth-order valence-electron chi connectivity index (χ4n) is 1.33. The molecule has 0 spiro atoms. The fourth-order valence-corrected chi connectivity index (χ4v) is 1.33. The third kappa shape index (κ3) is 3.41. The Morgan fingerprint density at radius 2 is 1.83 bits per heavy atom. The SMILES string of the molecule is Nc1ccc(/C=C/C(=O)Nc2cncnc2)cc1. The molecule has 2 aromatic rings. The third-order valence-electron chi connectivity index (χ3n) is 2.19. The van der Waals surface area contributed by atoms with Gasteiger partial charge in [-0.05, 0) is 23.8 Å². The van der Waals surface area contributed by atoms with E-state index in [1.165, 1.54) is 24.8 Å². The maximum Gasteiger partial charge on any atom is 0.248 e. The van der Waals surface area contributed by atoms with Crippen molar-refractivity contribution in [3.05, 3.63) is 54.6 Å². The molecule has 1 aromatic heterocycles. The van der Waals surface area contributed by atoms with Crippen molar-refractivity contribution in [3.63, 3.8) is 0 Å². The van der Waals surface area contributed by atoms with E-state index in [9.17, 15) is 4.79 Å². The second kappa shape index (κ2) is 5.58. The molecule has 0 fully saturated rings. The Morgan fingerprint density at radius 1 is 1.17 bits per heavy atom. The summed E-state index contributed by atoms with van der Waals surface area (Å²) in [5.74, 6) is -0.235. The van der Waals surface area contributed by atoms with Crippen molar-refractivity contribution < 1.29 is 4.79 Å². The summed E-state index contributed by atoms with van der Waals surface area (Å²) in [7, 11) is 0. The van der Waals surface area contributed by atoms with Crippen molar-refractivity contribution in [2.24, 2.45) is 0 Å². The minimum Gasteiger partial charge on any atom is -0.399 e. The number of hydrogen-bond acceptors (Lipinski definition) is 4. The van der Waals surface area contributed by atoms with Gasteiger partial charge < -0.3 is 11.1 Å². The highest BCUT2D eigenvalue weighted by molar-refractivity contribution is 6.01. The molecule has 0 aliphatic heterocycles. The normalized spacial score (nSPS) is 10.4. The monoisotopic (exact) mass is 240 g/mol. The number of rotatable bonds is 3. The van der Waals surface area contributed by atoms with E-state index in [-0.39, 0.29) is 5.91 Å². The lowest BCUT2D eigenvalue weighted by Crippen LogP contribution is -2.08. The standard InChI is InChI=1S/C13H12N4O/c14-11-4-1-10(2-5-11)3-6-13(18)17-12-7-15-9-16-8-12/h1-9H,14H2,(H,17,18)/b6-3+. The molecule has 0 aliphatic carbocycles. The summed E-state index contributed by atoms with van der Waals surface area (Å²) in [5.41, 5.74) is 7.73. The van der Waals surface area contributed by atoms with Gasteiger partial charge in [-0.2, -0.15) is 0 Å². The number of carbonyl (C=O) groups is 1. The molecule has 0 aliphatic rings. The summed E-state index contributed by atoms with van der Waals surface area (Å²) >= 11 is 0. The number of nitrogens with two attached hydrogens (primary N) is 1. The molecular weight excluding hydrogens is 228 g/mol. The molecule has 3 N–H and O–H groups in total. The second-order valence-corrected chi connectivity index (χ2v) is 3.62. The molecule has 1 amide bonds. The number of nitrogens with zero attached hydrogens (tertiary/aromatic N) is 2. The molecule has 2 rings (SSSR count). The highest BCUT2D eigenvalue weighted by atomic mass is 16.1. The topological polar surface area (TPSA) is 80.9 Å². The van der Waals surface area contributed by atoms with Crippen LogP contribution in [0.4, 0.5) is 11.4 Å². The second-order valence-electron chi connectivity index (χ2n) is 3.62. The van der Waals surface area contributed by atoms with Crippen LogP contribution in [-0.2, 0) is 4.79 Å². The van der Waals surface area contributed by atoms with E-state index in [4.69, 9.17) is 5.73 Å². The van der Waals surface area contributed by atoms with Crippen molar-refractivity contribution in [2.45, 2.75) is 0 Å². The number of aromatic nitrogens is 2. The van der Waals surface area contributed by atoms with Crippen LogP contribution in [-0.4, -0.2) is 15.9 Å². The van der Waals surface area contributed by atoms with Gasteiger partial charge in [0.2, 0.25) is 5.91 Å². The lowest BCUT2D eigenvalue weighted by molar-refractivity contribution is -0.111. The minimum atomic E-state index is -0.235. The number of hydrogen-bond donors (Lipinski definition) is 2. The van der Waals surface area contributed by atoms with Gasteiger partial charge in [-0.25, -0.2) is 9.97 Å². The first-order valence-electron chi connectivity index (χ1n) is 5.33. The van der Waals surface area contributed by atoms with Crippen molar-refractivity contribution in [1.82, 2.24) is 9.97 Å². The van der Waals surface area contributed by atoms with Gasteiger partial charge in [-0.1, -0.05) is 12.1 Å². The molecule has 0 bridgehead atoms. The van der Waals surface area contributed by atoms with E-state index in [2.05, 4.69) is 15.3 Å². The van der Waals surface area contributed by atoms with E-state index in [1.54, 1.807) is 18.2 Å². The summed E-state index contributed by atoms with van der Waals surface area (Å²) < 4.78 is 0. The van der Waals surface area contributed by atoms with Crippen LogP contribution in [0.15, 0.2) is 49.1 Å². The Labute approximate surface area is 104 Å². The lowest BCUT2D eigenvalue weighted by atomic mass is 10.2. The predicted octanol–water partition coefficient (Wildman–Crippen LogP) is 1.71. The zero-order chi connectivity index (χ0) is 12.8. The van der Waals surface area contributed by atoms with E-state index < -0.39 is 0 Å². The molecule has 1 heterocycles. The maximum atomic E-state index is 11.6. The average molecular weight is 240 g/mol. The van der Waals surface area contributed by atoms with Crippen LogP contribution in [0.5, 0.6) is 0 Å². The number of nitrogen functional groups attached to an aromatic ring is 1. The Morgan fingerprint density at radius 3 is 2.50 bits per heavy atom. The number of carbonyl (C=O) groups excluding carboxylic acids is 1. The predicted molar refractivity (Wildman–Crippen MR) is 70.6 cm³/mol. The first kappa shape index (κ1) is 11.8. The molecule has 0 radical (unpaired) electrons. The van der Waals surface area contributed by atoms with Crippen LogP contribution < -0.4 is 11.1 Å². The molecule has 5 heteroatoms. The van der Waals surface area contributed by atoms with Crippen molar-refractivity contribution >= 4 is 23.4 Å². The first-order chi connectivity index (χ1) is 8.74. The Bertz CT molecular complexity index is 549. The van der Waals surface area contributed by atoms with Crippen molar-refractivity contribution in [3.8, 4) is 0 Å². The van der Waals surface area contributed by atoms with Gasteiger partial charge in [0.15, 0.2) is 0 Å². The summed E-state index contributed by atoms with van der Waals surface area (Å²) in [6.45, 7) is 0. The smallest absolute Gasteiger partial charge is 0.248 e. The molecule has 0 saturated carbocycles. The Kier molecular flexibility index (Phi) is 3.66. The lowest BCUT2D eigenvalue weighted by Gasteiger charge is -1.99. The zero-order valence-corrected chi connectivity index (χ0v) is 9.58. The van der Waals surface area contributed by atoms with Crippen LogP contribution in [0, 0.1) is 0 Å². The van der Waals surface area contributed by atoms with E-state index in [1.807, 2.05) is 12.1 Å². The van der Waals surface area contributed by atoms with Crippen molar-refractivity contribution in [2.75, 3.05) is 11.1 Å². The van der Waals surface area contributed by atoms with Crippen LogP contribution in [0.1, 0.15) is 5.56 Å². The quantitative estimate of drug-likeness (QED) is 0.632. The Hall–Kier alpha value is -2.69. The van der Waals surface area contributed by atoms with Gasteiger partial charge in [-0.15, -0.1) is 0 Å². The highest BCUT2D eigenvalue weighted by Gasteiger charge is 1.97. The zero-order valence-electron chi connectivity index (χ0n) is 9.58. The Balaban J connectivity index is 1.97. The molecule has 18 heavy (non-hydrogen) atoms. The van der Waals surface area contributed by atoms with Crippen LogP contribution in [0.2, 0.25) is 0 Å². The maximum absolute atomic E-state index is 11.6. The van der Waals surface area contributed by atoms with Crippen LogP contribution in [0.25, 0.3) is 6.08 Å². The molecular formula is C13H12N4O. The van der Waals surface area contributed by atoms with Gasteiger partial charge in [-0.3, -0.25) is 4.79 Å². The molecule has 1 aromatic carbocycles. The number of benzene rings is 1. The van der Waals surface area contributed by atoms with Crippen molar-refractivity contribution in [1.29, 1.82) is 0 Å². The van der Waals surface area contributed by atoms with Gasteiger partial charge >= 0.3 is 0 Å². The van der Waals surface area contributed by atoms with E-state index in [0.29, 0.717) is 11.4 Å². The molecule has 90 valence electrons. The minimum absolute atomic E-state index is 0.235. The van der Waals surface area contributed by atoms with Crippen LogP contribution >= 0.6 is 0 Å². The summed E-state index contributed by atoms with van der Waals surface area (Å²) in [4.78, 5) is 19.2. The molecule has 0 atom stereocenters. The number of anilines is 2. The highest BCUT2D eigenvalue weighted by Crippen LogP contribution is 2.07. The average Bonchev–Trinajstić information content (AvgIpc) is 2.39. The summed E-state index contributed by atoms with van der Waals surface area (Å²) in [6, 6.07) is 7.24. The fraction of sp³-hybridized carbons (Fsp3) is 0. The largest absolute Gasteiger partial charge is 0.399 e. The third-order valence-corrected chi connectivity index (χ3v) is 2.19. The molecule has 0 saturated heterocycles. The molecule has 0 unspecified atom stereocenters. The summed E-state index contributed by atoms with van der Waals surface area (Å²) in [6.07, 6.45) is 7.61. The number of nitrogens with one attached hydrogen (secondary N) is 1.